The molecule has 0 saturated carbocycles. The second-order valence-electron chi connectivity index (χ2n) is 5.57. The third kappa shape index (κ3) is 4.02. The average Bonchev–Trinajstić information content (AvgIpc) is 2.43. The van der Waals surface area contributed by atoms with Crippen molar-refractivity contribution >= 4 is 0 Å². The molecule has 0 amide bonds. The summed E-state index contributed by atoms with van der Waals surface area (Å²) in [5.74, 6) is 0.462. The van der Waals surface area contributed by atoms with E-state index in [4.69, 9.17) is 0 Å². The summed E-state index contributed by atoms with van der Waals surface area (Å²) >= 11 is 0. The molecule has 1 aromatic carbocycles. The quantitative estimate of drug-likeness (QED) is 0.790. The molecular weight excluding hydrogens is 239 g/mol. The first-order valence-electron chi connectivity index (χ1n) is 7.21. The van der Waals surface area contributed by atoms with Crippen molar-refractivity contribution < 1.29 is 4.39 Å². The third-order valence-corrected chi connectivity index (χ3v) is 4.02. The van der Waals surface area contributed by atoms with Gasteiger partial charge in [-0.15, -0.1) is 6.04 Å². The first-order valence-corrected chi connectivity index (χ1v) is 7.21. The monoisotopic (exact) mass is 263 g/mol. The number of piperidine rings is 1. The fourth-order valence-corrected chi connectivity index (χ4v) is 2.97. The second-order valence-corrected chi connectivity index (χ2v) is 5.57. The summed E-state index contributed by atoms with van der Waals surface area (Å²) in [4.78, 5) is 2.38. The smallest absolute Gasteiger partial charge is 0.103 e. The molecule has 1 fully saturated rings. The molecule has 0 unspecified atom stereocenters. The van der Waals surface area contributed by atoms with Crippen molar-refractivity contribution in [1.82, 2.24) is 4.90 Å². The Labute approximate surface area is 116 Å². The number of benzene rings is 1. The minimum atomic E-state index is -0.590. The molecule has 1 aromatic rings. The third-order valence-electron chi connectivity index (χ3n) is 4.02. The van der Waals surface area contributed by atoms with Crippen LogP contribution in [0.5, 0.6) is 0 Å². The normalized spacial score (nSPS) is 21.2. The minimum Gasteiger partial charge on any atom is -0.658 e. The lowest BCUT2D eigenvalue weighted by Gasteiger charge is -2.39. The Kier molecular flexibility index (Phi) is 5.34. The van der Waals surface area contributed by atoms with Crippen LogP contribution in [0, 0.1) is 5.92 Å². The van der Waals surface area contributed by atoms with Gasteiger partial charge in [0, 0.05) is 13.1 Å². The summed E-state index contributed by atoms with van der Waals surface area (Å²) in [6, 6.07) is 10.7. The maximum Gasteiger partial charge on any atom is 0.103 e. The van der Waals surface area contributed by atoms with Gasteiger partial charge in [0.25, 0.3) is 0 Å². The number of hydrogen-bond donors (Lipinski definition) is 0. The van der Waals surface area contributed by atoms with Gasteiger partial charge >= 0.3 is 0 Å². The van der Waals surface area contributed by atoms with E-state index in [1.54, 1.807) is 0 Å². The van der Waals surface area contributed by atoms with Crippen LogP contribution in [0.1, 0.15) is 31.4 Å². The van der Waals surface area contributed by atoms with Crippen LogP contribution >= 0.6 is 0 Å². The summed E-state index contributed by atoms with van der Waals surface area (Å²) in [5.41, 5.74) is 1.28. The van der Waals surface area contributed by atoms with Gasteiger partial charge in [-0.25, -0.2) is 4.39 Å². The predicted octanol–water partition coefficient (Wildman–Crippen LogP) is 3.80. The molecule has 2 atom stereocenters. The van der Waals surface area contributed by atoms with Gasteiger partial charge in [0.1, 0.15) is 6.17 Å². The topological polar surface area (TPSA) is 17.3 Å². The number of likely N-dealkylation sites (tertiary alicyclic amines) is 1. The molecule has 3 heteroatoms. The van der Waals surface area contributed by atoms with Gasteiger partial charge in [-0.05, 0) is 25.3 Å². The summed E-state index contributed by atoms with van der Waals surface area (Å²) < 4.78 is 13.1. The Bertz CT molecular complexity index is 360. The SMILES string of the molecule is C[N-][C@@H](c1ccccc1)[C@@H](C)CN1CCC(F)CC1. The molecule has 106 valence electrons. The number of alkyl halides is 1. The first kappa shape index (κ1) is 14.5. The zero-order valence-corrected chi connectivity index (χ0v) is 11.9. The van der Waals surface area contributed by atoms with Crippen LogP contribution in [0.4, 0.5) is 4.39 Å². The molecule has 1 heterocycles. The van der Waals surface area contributed by atoms with Crippen molar-refractivity contribution in [3.8, 4) is 0 Å². The fourth-order valence-electron chi connectivity index (χ4n) is 2.97. The highest BCUT2D eigenvalue weighted by atomic mass is 19.1. The molecule has 0 aromatic heterocycles. The van der Waals surface area contributed by atoms with Crippen LogP contribution in [0.3, 0.4) is 0 Å². The van der Waals surface area contributed by atoms with Crippen LogP contribution in [0.2, 0.25) is 0 Å². The molecular formula is C16H24FN2-. The lowest BCUT2D eigenvalue weighted by Crippen LogP contribution is -2.38. The zero-order valence-electron chi connectivity index (χ0n) is 11.9. The predicted molar refractivity (Wildman–Crippen MR) is 78.2 cm³/mol. The first-order chi connectivity index (χ1) is 9.20. The maximum atomic E-state index is 13.1. The van der Waals surface area contributed by atoms with Gasteiger partial charge in [0.05, 0.1) is 0 Å². The maximum absolute atomic E-state index is 13.1. The molecule has 0 aliphatic carbocycles. The highest BCUT2D eigenvalue weighted by Crippen LogP contribution is 2.30. The molecule has 0 radical (unpaired) electrons. The molecule has 2 nitrogen and oxygen atoms in total. The number of hydrogen-bond acceptors (Lipinski definition) is 1. The van der Waals surface area contributed by atoms with Crippen LogP contribution in [0.25, 0.3) is 5.32 Å². The van der Waals surface area contributed by atoms with Crippen molar-refractivity contribution in [2.45, 2.75) is 32.0 Å². The van der Waals surface area contributed by atoms with Gasteiger partial charge in [-0.1, -0.05) is 42.8 Å². The standard InChI is InChI=1S/C16H24FN2/c1-13(12-19-10-8-15(17)9-11-19)16(18-2)14-6-4-3-5-7-14/h3-7,13,15-16H,8-12H2,1-2H3/q-1/t13-,16+/m0/s1. The Morgan fingerprint density at radius 1 is 1.26 bits per heavy atom. The summed E-state index contributed by atoms with van der Waals surface area (Å²) in [5, 5.41) is 4.54. The Morgan fingerprint density at radius 3 is 2.47 bits per heavy atom. The van der Waals surface area contributed by atoms with E-state index in [2.05, 4.69) is 41.4 Å². The van der Waals surface area contributed by atoms with Crippen molar-refractivity contribution in [3.05, 3.63) is 41.2 Å². The van der Waals surface area contributed by atoms with Crippen molar-refractivity contribution in [1.29, 1.82) is 0 Å². The van der Waals surface area contributed by atoms with Crippen molar-refractivity contribution in [2.24, 2.45) is 5.92 Å². The molecule has 2 rings (SSSR count). The Morgan fingerprint density at radius 2 is 1.89 bits per heavy atom. The largest absolute Gasteiger partial charge is 0.658 e. The van der Waals surface area contributed by atoms with Crippen molar-refractivity contribution in [3.63, 3.8) is 0 Å². The Balaban J connectivity index is 1.92. The van der Waals surface area contributed by atoms with E-state index >= 15 is 0 Å². The molecule has 0 bridgehead atoms. The van der Waals surface area contributed by atoms with Crippen LogP contribution in [-0.4, -0.2) is 37.8 Å². The molecule has 1 aliphatic rings. The van der Waals surface area contributed by atoms with E-state index in [1.807, 2.05) is 13.1 Å². The van der Waals surface area contributed by atoms with Crippen LogP contribution in [-0.2, 0) is 0 Å². The zero-order chi connectivity index (χ0) is 13.7. The summed E-state index contributed by atoms with van der Waals surface area (Å²) in [6.45, 7) is 5.02. The van der Waals surface area contributed by atoms with E-state index < -0.39 is 6.17 Å². The molecule has 1 aliphatic heterocycles. The number of rotatable bonds is 5. The highest BCUT2D eigenvalue weighted by Gasteiger charge is 2.21. The summed E-state index contributed by atoms with van der Waals surface area (Å²) in [7, 11) is 1.89. The fraction of sp³-hybridized carbons (Fsp3) is 0.625. The molecule has 0 spiro atoms. The van der Waals surface area contributed by atoms with Crippen LogP contribution < -0.4 is 0 Å². The van der Waals surface area contributed by atoms with Gasteiger partial charge in [0.15, 0.2) is 0 Å². The highest BCUT2D eigenvalue weighted by molar-refractivity contribution is 5.23. The van der Waals surface area contributed by atoms with Crippen LogP contribution in [0.15, 0.2) is 30.3 Å². The number of halogens is 1. The van der Waals surface area contributed by atoms with Gasteiger partial charge in [0.2, 0.25) is 0 Å². The molecule has 19 heavy (non-hydrogen) atoms. The van der Waals surface area contributed by atoms with E-state index in [-0.39, 0.29) is 6.04 Å². The Hall–Kier alpha value is -0.930. The lowest BCUT2D eigenvalue weighted by molar-refractivity contribution is 0.133. The number of nitrogens with zero attached hydrogens (tertiary/aromatic N) is 2. The molecule has 1 saturated heterocycles. The lowest BCUT2D eigenvalue weighted by atomic mass is 9.93. The minimum absolute atomic E-state index is 0.240. The van der Waals surface area contributed by atoms with Gasteiger partial charge < -0.3 is 10.2 Å². The molecule has 0 N–H and O–H groups in total. The van der Waals surface area contributed by atoms with E-state index in [9.17, 15) is 4.39 Å². The van der Waals surface area contributed by atoms with E-state index in [0.717, 1.165) is 19.6 Å². The van der Waals surface area contributed by atoms with Gasteiger partial charge in [-0.2, -0.15) is 7.05 Å². The summed E-state index contributed by atoms with van der Waals surface area (Å²) in [6.07, 6.45) is 0.783. The second kappa shape index (κ2) is 7.01. The van der Waals surface area contributed by atoms with E-state index in [1.165, 1.54) is 5.56 Å². The average molecular weight is 263 g/mol. The van der Waals surface area contributed by atoms with Crippen molar-refractivity contribution in [2.75, 3.05) is 26.7 Å². The van der Waals surface area contributed by atoms with E-state index in [0.29, 0.717) is 18.8 Å². The van der Waals surface area contributed by atoms with Gasteiger partial charge in [-0.3, -0.25) is 0 Å².